The molecule has 0 amide bonds. The van der Waals surface area contributed by atoms with E-state index in [9.17, 15) is 19.6 Å². The van der Waals surface area contributed by atoms with Gasteiger partial charge in [0.05, 0.1) is 17.0 Å². The first-order valence-corrected chi connectivity index (χ1v) is 23.0. The Kier molecular flexibility index (Phi) is 15.4. The monoisotopic (exact) mass is 900 g/mol. The van der Waals surface area contributed by atoms with E-state index in [0.29, 0.717) is 28.4 Å². The summed E-state index contributed by atoms with van der Waals surface area (Å²) >= 11 is 6.14. The fraction of sp³-hybridized carbons (Fsp3) is 0.240. The minimum Gasteiger partial charge on any atom is -0.462 e. The van der Waals surface area contributed by atoms with Gasteiger partial charge < -0.3 is 19.5 Å². The van der Waals surface area contributed by atoms with Crippen molar-refractivity contribution in [2.75, 3.05) is 13.2 Å². The fourth-order valence-corrected chi connectivity index (χ4v) is 10.2. The quantitative estimate of drug-likeness (QED) is 0.0807. The topological polar surface area (TPSA) is 93.1 Å². The van der Waals surface area contributed by atoms with Gasteiger partial charge >= 0.3 is 19.1 Å². The maximum Gasteiger partial charge on any atom is 0.488 e. The number of carbonyl (C=O) groups is 2. The first kappa shape index (κ1) is 44.7. The van der Waals surface area contributed by atoms with Crippen molar-refractivity contribution < 1.29 is 29.1 Å². The molecule has 2 heterocycles. The van der Waals surface area contributed by atoms with Crippen molar-refractivity contribution in [3.63, 3.8) is 0 Å². The molecule has 2 N–H and O–H groups in total. The van der Waals surface area contributed by atoms with Crippen LogP contribution in [0.5, 0.6) is 0 Å². The van der Waals surface area contributed by atoms with E-state index in [-0.39, 0.29) is 11.9 Å². The lowest BCUT2D eigenvalue weighted by atomic mass is 9.77. The Hall–Kier alpha value is -4.84. The first-order valence-electron chi connectivity index (χ1n) is 20.6. The molecule has 0 saturated carbocycles. The van der Waals surface area contributed by atoms with Crippen LogP contribution in [-0.4, -0.2) is 42.3 Å². The van der Waals surface area contributed by atoms with E-state index >= 15 is 0 Å². The molecule has 0 atom stereocenters. The average molecular weight is 902 g/mol. The Morgan fingerprint density at radius 1 is 0.517 bits per heavy atom. The van der Waals surface area contributed by atoms with Gasteiger partial charge in [-0.3, -0.25) is 0 Å². The average Bonchev–Trinajstić information content (AvgIpc) is 3.95. The molecule has 0 fully saturated rings. The van der Waals surface area contributed by atoms with E-state index in [0.717, 1.165) is 45.3 Å². The Bertz CT molecular complexity index is 2790. The lowest BCUT2D eigenvalue weighted by Crippen LogP contribution is -2.29. The number of benzene rings is 6. The maximum atomic E-state index is 12.0. The molecule has 8 rings (SSSR count). The molecule has 0 radical (unpaired) electrons. The summed E-state index contributed by atoms with van der Waals surface area (Å²) in [6, 6.07) is 37.2. The Morgan fingerprint density at radius 2 is 0.933 bits per heavy atom. The zero-order chi connectivity index (χ0) is 42.9. The Morgan fingerprint density at radius 3 is 1.37 bits per heavy atom. The number of fused-ring (bicyclic) bond motifs is 4. The second kappa shape index (κ2) is 20.6. The number of rotatable bonds is 10. The molecule has 0 bridgehead atoms. The van der Waals surface area contributed by atoms with E-state index in [2.05, 4.69) is 110 Å². The lowest BCUT2D eigenvalue weighted by Gasteiger charge is -2.16. The van der Waals surface area contributed by atoms with Crippen LogP contribution in [-0.2, 0) is 35.2 Å². The molecule has 0 unspecified atom stereocenters. The maximum absolute atomic E-state index is 12.0. The van der Waals surface area contributed by atoms with Crippen LogP contribution in [0.3, 0.4) is 0 Å². The number of carbonyl (C=O) groups excluding carboxylic acids is 2. The fourth-order valence-electron chi connectivity index (χ4n) is 8.00. The molecule has 6 aromatic carbocycles. The number of aryl methyl sites for hydroxylation is 4. The van der Waals surface area contributed by atoms with E-state index in [1.54, 1.807) is 19.1 Å². The van der Waals surface area contributed by atoms with Crippen LogP contribution in [0.25, 0.3) is 53.5 Å². The predicted octanol–water partition coefficient (Wildman–Crippen LogP) is 12.5. The highest BCUT2D eigenvalue weighted by Crippen LogP contribution is 2.38. The molecule has 0 aliphatic rings. The van der Waals surface area contributed by atoms with Gasteiger partial charge in [-0.1, -0.05) is 107 Å². The number of esters is 2. The number of thiophene rings is 2. The lowest BCUT2D eigenvalue weighted by molar-refractivity contribution is 0.0522. The van der Waals surface area contributed by atoms with Crippen LogP contribution < -0.4 is 5.46 Å². The van der Waals surface area contributed by atoms with E-state index in [1.807, 2.05) is 37.3 Å². The largest absolute Gasteiger partial charge is 0.488 e. The van der Waals surface area contributed by atoms with Crippen LogP contribution in [0.2, 0.25) is 0 Å². The summed E-state index contributed by atoms with van der Waals surface area (Å²) in [6.45, 7) is 13.2. The van der Waals surface area contributed by atoms with Crippen LogP contribution in [0.15, 0.2) is 113 Å². The summed E-state index contributed by atoms with van der Waals surface area (Å²) in [5.41, 5.74) is 7.12. The van der Waals surface area contributed by atoms with Crippen molar-refractivity contribution in [2.45, 2.75) is 67.2 Å². The summed E-state index contributed by atoms with van der Waals surface area (Å²) in [7, 11) is -1.42. The highest BCUT2D eigenvalue weighted by atomic mass is 79.9. The van der Waals surface area contributed by atoms with Crippen LogP contribution >= 0.6 is 38.6 Å². The summed E-state index contributed by atoms with van der Waals surface area (Å²) < 4.78 is 10.9. The summed E-state index contributed by atoms with van der Waals surface area (Å²) in [6.07, 6.45) is 3.88. The highest BCUT2D eigenvalue weighted by Gasteiger charge is 2.18. The van der Waals surface area contributed by atoms with Gasteiger partial charge in [0, 0.05) is 4.88 Å². The van der Waals surface area contributed by atoms with Gasteiger partial charge in [-0.15, -0.1) is 22.7 Å². The number of halogens is 1. The molecule has 2 aromatic heterocycles. The van der Waals surface area contributed by atoms with Crippen molar-refractivity contribution in [3.8, 4) is 10.4 Å². The van der Waals surface area contributed by atoms with E-state index in [1.165, 1.54) is 82.6 Å². The smallest absolute Gasteiger partial charge is 0.462 e. The zero-order valence-corrected chi connectivity index (χ0v) is 38.2. The van der Waals surface area contributed by atoms with Crippen LogP contribution in [0, 0.1) is 0 Å². The third-order valence-electron chi connectivity index (χ3n) is 10.6. The van der Waals surface area contributed by atoms with Crippen LogP contribution in [0.4, 0.5) is 0 Å². The molecule has 0 spiro atoms. The number of hydrogen-bond donors (Lipinski definition) is 2. The van der Waals surface area contributed by atoms with Crippen molar-refractivity contribution in [3.05, 3.63) is 145 Å². The highest BCUT2D eigenvalue weighted by molar-refractivity contribution is 9.11. The molecule has 0 aliphatic heterocycles. The normalized spacial score (nSPS) is 10.9. The van der Waals surface area contributed by atoms with Crippen molar-refractivity contribution in [1.82, 2.24) is 0 Å². The molecule has 60 heavy (non-hydrogen) atoms. The molecule has 0 saturated heterocycles. The van der Waals surface area contributed by atoms with Gasteiger partial charge in [-0.25, -0.2) is 9.59 Å². The molecule has 308 valence electrons. The molecule has 6 nitrogen and oxygen atoms in total. The van der Waals surface area contributed by atoms with Gasteiger partial charge in [0.2, 0.25) is 0 Å². The van der Waals surface area contributed by atoms with E-state index in [4.69, 9.17) is 9.47 Å². The second-order valence-electron chi connectivity index (χ2n) is 14.1. The van der Waals surface area contributed by atoms with Gasteiger partial charge in [-0.05, 0) is 162 Å². The molecule has 8 aromatic rings. The van der Waals surface area contributed by atoms with Crippen LogP contribution in [0.1, 0.15) is 83.1 Å². The first-order chi connectivity index (χ1) is 29.1. The minimum absolute atomic E-state index is 0.243. The van der Waals surface area contributed by atoms with Crippen molar-refractivity contribution in [2.24, 2.45) is 0 Å². The zero-order valence-electron chi connectivity index (χ0n) is 34.9. The van der Waals surface area contributed by atoms with Crippen molar-refractivity contribution >= 4 is 106 Å². The van der Waals surface area contributed by atoms with Gasteiger partial charge in [0.25, 0.3) is 0 Å². The Balaban J connectivity index is 0.000000166. The molecule has 0 aliphatic carbocycles. The third-order valence-corrected chi connectivity index (χ3v) is 13.4. The minimum atomic E-state index is -1.42. The van der Waals surface area contributed by atoms with Gasteiger partial charge in [-0.2, -0.15) is 0 Å². The Labute approximate surface area is 369 Å². The predicted molar refractivity (Wildman–Crippen MR) is 257 cm³/mol. The standard InChI is InChI=1S/C25H24O2S.C18H19BO2.C7H7BrO2S/c1-4-17-19-9-7-8-10-20(19)18(5-2)22-15-16(11-12-21(17)22)23-13-14-24(28-23)25(26)27-6-3;1-3-13-15-7-5-6-8-16(15)14(4-2)18-11-12(19(20)21)9-10-17(13)18;1-2-10-7(9)5-3-4-6(8)11-5/h7-15H,4-6H2,1-3H3;5-11,20-21H,3-4H2,1-2H3;3-4H,2H2,1H3. The van der Waals surface area contributed by atoms with Gasteiger partial charge in [0.15, 0.2) is 0 Å². The molecular weight excluding hydrogens is 851 g/mol. The van der Waals surface area contributed by atoms with E-state index < -0.39 is 7.12 Å². The number of hydrogen-bond acceptors (Lipinski definition) is 8. The van der Waals surface area contributed by atoms with Gasteiger partial charge in [0.1, 0.15) is 9.75 Å². The number of ether oxygens (including phenoxy) is 2. The molecular formula is C50H50BBrO6S2. The second-order valence-corrected chi connectivity index (χ2v) is 17.6. The van der Waals surface area contributed by atoms with Crippen molar-refractivity contribution in [1.29, 1.82) is 0 Å². The summed E-state index contributed by atoms with van der Waals surface area (Å²) in [5, 5.41) is 29.2. The summed E-state index contributed by atoms with van der Waals surface area (Å²) in [4.78, 5) is 25.4. The summed E-state index contributed by atoms with van der Waals surface area (Å²) in [5.74, 6) is -0.490. The SMILES string of the molecule is CCOC(=O)c1ccc(-c2ccc3c(CC)c4ccccc4c(CC)c3c2)s1.CCOC(=O)c1ccc(Br)s1.CCc1c2ccccc2c(CC)c2cc(B(O)O)ccc12. The third kappa shape index (κ3) is 9.54. The molecule has 10 heteroatoms.